The maximum Gasteiger partial charge on any atom is 0.206 e. The Morgan fingerprint density at radius 1 is 0.769 bits per heavy atom. The molecule has 0 spiro atoms. The van der Waals surface area contributed by atoms with Crippen molar-refractivity contribution in [2.45, 2.75) is 9.79 Å². The van der Waals surface area contributed by atoms with Gasteiger partial charge in [0.2, 0.25) is 9.84 Å². The molecule has 0 aromatic heterocycles. The monoisotopic (exact) mass is 389 g/mol. The number of hydrogen-bond donors (Lipinski definition) is 1. The van der Waals surface area contributed by atoms with E-state index in [0.29, 0.717) is 5.69 Å². The van der Waals surface area contributed by atoms with Crippen LogP contribution < -0.4 is 5.73 Å². The number of benzene rings is 3. The second kappa shape index (κ2) is 8.17. The van der Waals surface area contributed by atoms with Crippen LogP contribution >= 0.6 is 12.4 Å². The standard InChI is InChI=1S/C20H16FNO2S.ClH/c21-17-10-6-15(7-11-17)4-5-16-8-12-19(13-9-16)25(23,24)20-3-1-2-18(22)14-20;/h1-14H,22H2;1H. The molecule has 3 aromatic carbocycles. The fourth-order valence-corrected chi connectivity index (χ4v) is 3.66. The average Bonchev–Trinajstić information content (AvgIpc) is 2.62. The van der Waals surface area contributed by atoms with Gasteiger partial charge in [0.1, 0.15) is 5.82 Å². The third kappa shape index (κ3) is 4.50. The highest BCUT2D eigenvalue weighted by atomic mass is 35.5. The third-order valence-corrected chi connectivity index (χ3v) is 5.46. The number of hydrogen-bond acceptors (Lipinski definition) is 3. The summed E-state index contributed by atoms with van der Waals surface area (Å²) in [6.07, 6.45) is 3.67. The first-order chi connectivity index (χ1) is 11.9. The maximum atomic E-state index is 12.9. The molecule has 0 saturated heterocycles. The summed E-state index contributed by atoms with van der Waals surface area (Å²) in [6.45, 7) is 0. The van der Waals surface area contributed by atoms with Gasteiger partial charge in [-0.1, -0.05) is 42.5 Å². The van der Waals surface area contributed by atoms with Crippen LogP contribution in [0.5, 0.6) is 0 Å². The van der Waals surface area contributed by atoms with Crippen molar-refractivity contribution in [1.82, 2.24) is 0 Å². The van der Waals surface area contributed by atoms with Crippen molar-refractivity contribution in [3.05, 3.63) is 89.7 Å². The van der Waals surface area contributed by atoms with Crippen molar-refractivity contribution in [2.75, 3.05) is 5.73 Å². The first-order valence-corrected chi connectivity index (χ1v) is 9.08. The lowest BCUT2D eigenvalue weighted by atomic mass is 10.1. The summed E-state index contributed by atoms with van der Waals surface area (Å²) in [4.78, 5) is 0.374. The third-order valence-electron chi connectivity index (χ3n) is 3.70. The summed E-state index contributed by atoms with van der Waals surface area (Å²) in [5.41, 5.74) is 7.77. The first kappa shape index (κ1) is 19.7. The van der Waals surface area contributed by atoms with Crippen LogP contribution in [0.3, 0.4) is 0 Å². The number of sulfone groups is 1. The molecule has 3 nitrogen and oxygen atoms in total. The Kier molecular flexibility index (Phi) is 6.18. The summed E-state index contributed by atoms with van der Waals surface area (Å²) < 4.78 is 38.1. The number of nitrogens with two attached hydrogens (primary N) is 1. The van der Waals surface area contributed by atoms with Crippen molar-refractivity contribution >= 4 is 40.1 Å². The molecule has 2 N–H and O–H groups in total. The van der Waals surface area contributed by atoms with E-state index in [1.54, 1.807) is 48.5 Å². The van der Waals surface area contributed by atoms with Crippen LogP contribution in [0.25, 0.3) is 12.2 Å². The Morgan fingerprint density at radius 2 is 1.31 bits per heavy atom. The zero-order valence-electron chi connectivity index (χ0n) is 13.7. The minimum atomic E-state index is -3.60. The van der Waals surface area contributed by atoms with Gasteiger partial charge in [0.15, 0.2) is 0 Å². The van der Waals surface area contributed by atoms with Gasteiger partial charge in [-0.25, -0.2) is 12.8 Å². The summed E-state index contributed by atoms with van der Waals surface area (Å²) in [6, 6.07) is 18.9. The van der Waals surface area contributed by atoms with E-state index < -0.39 is 9.84 Å². The van der Waals surface area contributed by atoms with Crippen molar-refractivity contribution in [2.24, 2.45) is 0 Å². The Balaban J connectivity index is 0.00000243. The van der Waals surface area contributed by atoms with Crippen LogP contribution in [0.1, 0.15) is 11.1 Å². The number of anilines is 1. The second-order valence-corrected chi connectivity index (χ2v) is 7.48. The Hall–Kier alpha value is -2.63. The van der Waals surface area contributed by atoms with Gasteiger partial charge in [0.05, 0.1) is 9.79 Å². The van der Waals surface area contributed by atoms with Crippen molar-refractivity contribution in [3.8, 4) is 0 Å². The smallest absolute Gasteiger partial charge is 0.206 e. The molecular weight excluding hydrogens is 373 g/mol. The Morgan fingerprint density at radius 3 is 1.85 bits per heavy atom. The largest absolute Gasteiger partial charge is 0.399 e. The van der Waals surface area contributed by atoms with Crippen molar-refractivity contribution in [3.63, 3.8) is 0 Å². The van der Waals surface area contributed by atoms with E-state index in [2.05, 4.69) is 0 Å². The lowest BCUT2D eigenvalue weighted by Crippen LogP contribution is -2.02. The van der Waals surface area contributed by atoms with E-state index in [1.165, 1.54) is 24.3 Å². The molecule has 0 aliphatic carbocycles. The van der Waals surface area contributed by atoms with Crippen LogP contribution in [0.15, 0.2) is 82.6 Å². The van der Waals surface area contributed by atoms with E-state index in [0.717, 1.165) is 11.1 Å². The van der Waals surface area contributed by atoms with Crippen LogP contribution in [0.4, 0.5) is 10.1 Å². The van der Waals surface area contributed by atoms with Crippen LogP contribution in [-0.2, 0) is 9.84 Å². The topological polar surface area (TPSA) is 60.2 Å². The molecule has 0 bridgehead atoms. The number of nitrogen functional groups attached to an aromatic ring is 1. The molecular formula is C20H17ClFNO2S. The molecule has 0 heterocycles. The SMILES string of the molecule is Cl.Nc1cccc(S(=O)(=O)c2ccc(C=Cc3ccc(F)cc3)cc2)c1. The van der Waals surface area contributed by atoms with Crippen LogP contribution in [0, 0.1) is 5.82 Å². The van der Waals surface area contributed by atoms with Gasteiger partial charge in [-0.2, -0.15) is 0 Å². The lowest BCUT2D eigenvalue weighted by molar-refractivity contribution is 0.596. The zero-order valence-corrected chi connectivity index (χ0v) is 15.3. The van der Waals surface area contributed by atoms with Crippen molar-refractivity contribution < 1.29 is 12.8 Å². The molecule has 0 fully saturated rings. The molecule has 0 radical (unpaired) electrons. The summed E-state index contributed by atoms with van der Waals surface area (Å²) in [5, 5.41) is 0. The minimum absolute atomic E-state index is 0. The highest BCUT2D eigenvalue weighted by Crippen LogP contribution is 2.23. The quantitative estimate of drug-likeness (QED) is 0.513. The molecule has 0 amide bonds. The molecule has 0 saturated carbocycles. The van der Waals surface area contributed by atoms with E-state index in [4.69, 9.17) is 5.73 Å². The average molecular weight is 390 g/mol. The van der Waals surface area contributed by atoms with Gasteiger partial charge in [0.25, 0.3) is 0 Å². The Bertz CT molecular complexity index is 1010. The second-order valence-electron chi connectivity index (χ2n) is 5.53. The predicted molar refractivity (Wildman–Crippen MR) is 105 cm³/mol. The fraction of sp³-hybridized carbons (Fsp3) is 0. The molecule has 6 heteroatoms. The molecule has 26 heavy (non-hydrogen) atoms. The van der Waals surface area contributed by atoms with Gasteiger partial charge in [0, 0.05) is 5.69 Å². The number of halogens is 2. The summed E-state index contributed by atoms with van der Waals surface area (Å²) in [7, 11) is -3.60. The highest BCUT2D eigenvalue weighted by Gasteiger charge is 2.17. The molecule has 3 aromatic rings. The van der Waals surface area contributed by atoms with E-state index >= 15 is 0 Å². The molecule has 0 aliphatic heterocycles. The summed E-state index contributed by atoms with van der Waals surface area (Å²) in [5.74, 6) is -0.284. The predicted octanol–water partition coefficient (Wildman–Crippen LogP) is 4.83. The van der Waals surface area contributed by atoms with E-state index in [1.807, 2.05) is 12.2 Å². The normalized spacial score (nSPS) is 11.3. The fourth-order valence-electron chi connectivity index (χ4n) is 2.34. The molecule has 0 unspecified atom stereocenters. The summed E-state index contributed by atoms with van der Waals surface area (Å²) >= 11 is 0. The minimum Gasteiger partial charge on any atom is -0.399 e. The molecule has 0 aliphatic rings. The molecule has 3 rings (SSSR count). The van der Waals surface area contributed by atoms with Gasteiger partial charge in [-0.15, -0.1) is 12.4 Å². The zero-order chi connectivity index (χ0) is 17.9. The van der Waals surface area contributed by atoms with Crippen LogP contribution in [0.2, 0.25) is 0 Å². The van der Waals surface area contributed by atoms with Gasteiger partial charge < -0.3 is 5.73 Å². The van der Waals surface area contributed by atoms with Gasteiger partial charge >= 0.3 is 0 Å². The van der Waals surface area contributed by atoms with Crippen LogP contribution in [-0.4, -0.2) is 8.42 Å². The molecule has 0 atom stereocenters. The van der Waals surface area contributed by atoms with E-state index in [-0.39, 0.29) is 28.0 Å². The lowest BCUT2D eigenvalue weighted by Gasteiger charge is -2.06. The Labute approximate surface area is 158 Å². The van der Waals surface area contributed by atoms with Crippen molar-refractivity contribution in [1.29, 1.82) is 0 Å². The van der Waals surface area contributed by atoms with Gasteiger partial charge in [-0.05, 0) is 53.6 Å². The number of rotatable bonds is 4. The van der Waals surface area contributed by atoms with E-state index in [9.17, 15) is 12.8 Å². The molecule has 134 valence electrons. The first-order valence-electron chi connectivity index (χ1n) is 7.59. The maximum absolute atomic E-state index is 12.9. The van der Waals surface area contributed by atoms with Gasteiger partial charge in [-0.3, -0.25) is 0 Å². The highest BCUT2D eigenvalue weighted by molar-refractivity contribution is 7.91.